The quantitative estimate of drug-likeness (QED) is 0.794. The van der Waals surface area contributed by atoms with Gasteiger partial charge in [0, 0.05) is 25.0 Å². The van der Waals surface area contributed by atoms with Crippen molar-refractivity contribution in [1.82, 2.24) is 14.9 Å². The van der Waals surface area contributed by atoms with E-state index in [2.05, 4.69) is 20.9 Å². The molecule has 1 atom stereocenters. The predicted molar refractivity (Wildman–Crippen MR) is 78.6 cm³/mol. The first-order valence-corrected chi connectivity index (χ1v) is 7.34. The lowest BCUT2D eigenvalue weighted by atomic mass is 10.1. The molecule has 0 saturated carbocycles. The molecular formula is C16H21N3O. The number of nitrogens with zero attached hydrogens (tertiary/aromatic N) is 2. The summed E-state index contributed by atoms with van der Waals surface area (Å²) >= 11 is 0. The summed E-state index contributed by atoms with van der Waals surface area (Å²) in [7, 11) is 0. The lowest BCUT2D eigenvalue weighted by Gasteiger charge is -2.14. The first-order chi connectivity index (χ1) is 9.84. The molecule has 4 nitrogen and oxygen atoms in total. The Bertz CT molecular complexity index is 551. The summed E-state index contributed by atoms with van der Waals surface area (Å²) in [5.41, 5.74) is 2.41. The summed E-state index contributed by atoms with van der Waals surface area (Å²) in [5.74, 6) is 0.451. The minimum absolute atomic E-state index is 0.408. The van der Waals surface area contributed by atoms with Crippen molar-refractivity contribution in [2.24, 2.45) is 0 Å². The van der Waals surface area contributed by atoms with Crippen LogP contribution in [0.5, 0.6) is 5.75 Å². The Kier molecular flexibility index (Phi) is 4.02. The highest BCUT2D eigenvalue weighted by Gasteiger charge is 2.23. The Morgan fingerprint density at radius 3 is 3.15 bits per heavy atom. The first-order valence-electron chi connectivity index (χ1n) is 7.34. The molecule has 0 amide bonds. The fourth-order valence-corrected chi connectivity index (χ4v) is 2.96. The maximum Gasteiger partial charge on any atom is 0.119 e. The van der Waals surface area contributed by atoms with Crippen LogP contribution in [0, 0.1) is 0 Å². The minimum Gasteiger partial charge on any atom is -0.508 e. The number of aryl methyl sites for hydroxylation is 1. The van der Waals surface area contributed by atoms with Gasteiger partial charge < -0.3 is 15.0 Å². The molecule has 1 unspecified atom stereocenters. The number of hydrogen-bond acceptors (Lipinski definition) is 3. The average Bonchev–Trinajstić information content (AvgIpc) is 3.09. The molecule has 0 radical (unpaired) electrons. The van der Waals surface area contributed by atoms with Crippen LogP contribution in [-0.2, 0) is 13.0 Å². The molecular weight excluding hydrogens is 250 g/mol. The van der Waals surface area contributed by atoms with E-state index in [1.807, 2.05) is 24.8 Å². The van der Waals surface area contributed by atoms with Gasteiger partial charge in [0.2, 0.25) is 0 Å². The summed E-state index contributed by atoms with van der Waals surface area (Å²) in [4.78, 5) is 4.04. The third kappa shape index (κ3) is 2.85. The normalized spacial score (nSPS) is 17.3. The zero-order valence-corrected chi connectivity index (χ0v) is 11.6. The van der Waals surface area contributed by atoms with E-state index in [1.54, 1.807) is 6.07 Å². The molecule has 106 valence electrons. The highest BCUT2D eigenvalue weighted by molar-refractivity contribution is 5.44. The van der Waals surface area contributed by atoms with Gasteiger partial charge in [0.1, 0.15) is 5.75 Å². The standard InChI is InChI=1S/C16H21N3O/c20-16-5-3-4-13-14(16)6-7-15(13)18-8-1-2-10-19-11-9-17-12-19/h3-5,9,11-12,15,18,20H,1-2,6-8,10H2. The largest absolute Gasteiger partial charge is 0.508 e. The summed E-state index contributed by atoms with van der Waals surface area (Å²) in [6.45, 7) is 2.05. The number of fused-ring (bicyclic) bond motifs is 1. The van der Waals surface area contributed by atoms with Gasteiger partial charge in [-0.25, -0.2) is 4.98 Å². The molecule has 1 heterocycles. The van der Waals surface area contributed by atoms with Crippen molar-refractivity contribution in [3.8, 4) is 5.75 Å². The molecule has 0 bridgehead atoms. The summed E-state index contributed by atoms with van der Waals surface area (Å²) < 4.78 is 2.11. The third-order valence-corrected chi connectivity index (χ3v) is 4.04. The molecule has 0 aliphatic heterocycles. The Labute approximate surface area is 119 Å². The Morgan fingerprint density at radius 2 is 2.30 bits per heavy atom. The van der Waals surface area contributed by atoms with E-state index in [0.29, 0.717) is 11.8 Å². The molecule has 2 aromatic rings. The van der Waals surface area contributed by atoms with Crippen molar-refractivity contribution >= 4 is 0 Å². The van der Waals surface area contributed by atoms with Crippen LogP contribution >= 0.6 is 0 Å². The average molecular weight is 271 g/mol. The second kappa shape index (κ2) is 6.09. The molecule has 0 saturated heterocycles. The van der Waals surface area contributed by atoms with Crippen LogP contribution in [-0.4, -0.2) is 21.2 Å². The zero-order valence-electron chi connectivity index (χ0n) is 11.6. The van der Waals surface area contributed by atoms with Gasteiger partial charge in [-0.1, -0.05) is 12.1 Å². The topological polar surface area (TPSA) is 50.1 Å². The maximum absolute atomic E-state index is 9.83. The summed E-state index contributed by atoms with van der Waals surface area (Å²) in [6, 6.07) is 6.26. The number of phenolic OH excluding ortho intramolecular Hbond substituents is 1. The molecule has 20 heavy (non-hydrogen) atoms. The van der Waals surface area contributed by atoms with Gasteiger partial charge >= 0.3 is 0 Å². The molecule has 3 rings (SSSR count). The van der Waals surface area contributed by atoms with Crippen LogP contribution in [0.2, 0.25) is 0 Å². The number of aromatic nitrogens is 2. The van der Waals surface area contributed by atoms with E-state index in [0.717, 1.165) is 44.3 Å². The minimum atomic E-state index is 0.408. The lowest BCUT2D eigenvalue weighted by molar-refractivity contribution is 0.469. The Hall–Kier alpha value is -1.81. The first kappa shape index (κ1) is 13.2. The third-order valence-electron chi connectivity index (χ3n) is 4.04. The monoisotopic (exact) mass is 271 g/mol. The van der Waals surface area contributed by atoms with Crippen molar-refractivity contribution < 1.29 is 5.11 Å². The molecule has 1 aliphatic carbocycles. The molecule has 1 aliphatic rings. The molecule has 1 aromatic carbocycles. The van der Waals surface area contributed by atoms with Crippen LogP contribution in [0.25, 0.3) is 0 Å². The summed E-state index contributed by atoms with van der Waals surface area (Å²) in [5, 5.41) is 13.4. The van der Waals surface area contributed by atoms with Gasteiger partial charge in [-0.05, 0) is 49.4 Å². The molecule has 1 aromatic heterocycles. The summed E-state index contributed by atoms with van der Waals surface area (Å²) in [6.07, 6.45) is 10.1. The van der Waals surface area contributed by atoms with Crippen LogP contribution in [0.4, 0.5) is 0 Å². The maximum atomic E-state index is 9.83. The Balaban J connectivity index is 1.43. The van der Waals surface area contributed by atoms with E-state index in [1.165, 1.54) is 5.56 Å². The smallest absolute Gasteiger partial charge is 0.119 e. The molecule has 0 fully saturated rings. The number of hydrogen-bond donors (Lipinski definition) is 2. The Morgan fingerprint density at radius 1 is 1.35 bits per heavy atom. The van der Waals surface area contributed by atoms with Crippen molar-refractivity contribution in [3.63, 3.8) is 0 Å². The lowest BCUT2D eigenvalue weighted by Crippen LogP contribution is -2.20. The van der Waals surface area contributed by atoms with E-state index < -0.39 is 0 Å². The van der Waals surface area contributed by atoms with Gasteiger partial charge in [-0.2, -0.15) is 0 Å². The van der Waals surface area contributed by atoms with Crippen molar-refractivity contribution in [3.05, 3.63) is 48.0 Å². The fraction of sp³-hybridized carbons (Fsp3) is 0.438. The molecule has 4 heteroatoms. The van der Waals surface area contributed by atoms with Gasteiger partial charge in [-0.15, -0.1) is 0 Å². The van der Waals surface area contributed by atoms with E-state index in [4.69, 9.17) is 0 Å². The number of nitrogens with one attached hydrogen (secondary N) is 1. The molecule has 2 N–H and O–H groups in total. The SMILES string of the molecule is Oc1cccc2c1CCC2NCCCCn1ccnc1. The van der Waals surface area contributed by atoms with Crippen LogP contribution < -0.4 is 5.32 Å². The van der Waals surface area contributed by atoms with Crippen LogP contribution in [0.1, 0.15) is 36.4 Å². The van der Waals surface area contributed by atoms with E-state index in [-0.39, 0.29) is 0 Å². The highest BCUT2D eigenvalue weighted by Crippen LogP contribution is 2.36. The molecule has 0 spiro atoms. The van der Waals surface area contributed by atoms with Gasteiger partial charge in [0.15, 0.2) is 0 Å². The van der Waals surface area contributed by atoms with E-state index >= 15 is 0 Å². The van der Waals surface area contributed by atoms with Crippen molar-refractivity contribution in [2.75, 3.05) is 6.54 Å². The second-order valence-corrected chi connectivity index (χ2v) is 5.40. The van der Waals surface area contributed by atoms with Crippen LogP contribution in [0.15, 0.2) is 36.9 Å². The van der Waals surface area contributed by atoms with Crippen LogP contribution in [0.3, 0.4) is 0 Å². The van der Waals surface area contributed by atoms with Crippen molar-refractivity contribution in [1.29, 1.82) is 0 Å². The fourth-order valence-electron chi connectivity index (χ4n) is 2.96. The van der Waals surface area contributed by atoms with E-state index in [9.17, 15) is 5.11 Å². The predicted octanol–water partition coefficient (Wildman–Crippen LogP) is 2.65. The van der Waals surface area contributed by atoms with Gasteiger partial charge in [0.05, 0.1) is 6.33 Å². The van der Waals surface area contributed by atoms with Crippen molar-refractivity contribution in [2.45, 2.75) is 38.3 Å². The number of imidazole rings is 1. The number of benzene rings is 1. The van der Waals surface area contributed by atoms with Gasteiger partial charge in [0.25, 0.3) is 0 Å². The number of phenols is 1. The second-order valence-electron chi connectivity index (χ2n) is 5.40. The highest BCUT2D eigenvalue weighted by atomic mass is 16.3. The van der Waals surface area contributed by atoms with Gasteiger partial charge in [-0.3, -0.25) is 0 Å². The number of unbranched alkanes of at least 4 members (excludes halogenated alkanes) is 1. The number of aromatic hydroxyl groups is 1. The number of rotatable bonds is 6. The zero-order chi connectivity index (χ0) is 13.8.